The van der Waals surface area contributed by atoms with E-state index in [4.69, 9.17) is 0 Å². The molecule has 1 aromatic heterocycles. The molecule has 2 aromatic rings. The van der Waals surface area contributed by atoms with Gasteiger partial charge in [0.1, 0.15) is 5.82 Å². The molecule has 1 unspecified atom stereocenters. The summed E-state index contributed by atoms with van der Waals surface area (Å²) in [7, 11) is 0. The highest BCUT2D eigenvalue weighted by atomic mass is 32.1. The molecule has 0 radical (unpaired) electrons. The number of hydrogen-bond acceptors (Lipinski definition) is 2. The predicted octanol–water partition coefficient (Wildman–Crippen LogP) is 5.01. The van der Waals surface area contributed by atoms with Gasteiger partial charge in [-0.2, -0.15) is 0 Å². The fraction of sp³-hybridized carbons (Fsp3) is 0.476. The SMILES string of the molecule is CC(C)(C)C1CCc2c(C(=O)NCCc3ccc(F)cc3)csc2C1. The highest BCUT2D eigenvalue weighted by Gasteiger charge is 2.31. The van der Waals surface area contributed by atoms with Crippen LogP contribution in [0, 0.1) is 17.2 Å². The minimum absolute atomic E-state index is 0.0221. The predicted molar refractivity (Wildman–Crippen MR) is 102 cm³/mol. The molecular weight excluding hydrogens is 333 g/mol. The van der Waals surface area contributed by atoms with E-state index in [2.05, 4.69) is 26.1 Å². The topological polar surface area (TPSA) is 29.1 Å². The summed E-state index contributed by atoms with van der Waals surface area (Å²) in [6.45, 7) is 7.48. The number of benzene rings is 1. The zero-order valence-corrected chi connectivity index (χ0v) is 16.0. The van der Waals surface area contributed by atoms with Gasteiger partial charge in [0, 0.05) is 16.8 Å². The second-order valence-electron chi connectivity index (χ2n) is 7.99. The molecular formula is C21H26FNOS. The van der Waals surface area contributed by atoms with Crippen molar-refractivity contribution >= 4 is 17.2 Å². The van der Waals surface area contributed by atoms with Crippen LogP contribution in [0.15, 0.2) is 29.6 Å². The van der Waals surface area contributed by atoms with Crippen molar-refractivity contribution in [1.29, 1.82) is 0 Å². The van der Waals surface area contributed by atoms with E-state index >= 15 is 0 Å². The Morgan fingerprint density at radius 1 is 1.28 bits per heavy atom. The van der Waals surface area contributed by atoms with E-state index in [9.17, 15) is 9.18 Å². The highest BCUT2D eigenvalue weighted by Crippen LogP contribution is 2.40. The number of amides is 1. The molecule has 0 bridgehead atoms. The number of rotatable bonds is 4. The number of carbonyl (C=O) groups is 1. The van der Waals surface area contributed by atoms with Crippen LogP contribution in [0.3, 0.4) is 0 Å². The standard InChI is InChI=1S/C21H26FNOS/c1-21(2,3)15-6-9-17-18(13-25-19(17)12-15)20(24)23-11-10-14-4-7-16(22)8-5-14/h4-5,7-8,13,15H,6,9-12H2,1-3H3,(H,23,24). The van der Waals surface area contributed by atoms with Gasteiger partial charge in [-0.05, 0) is 60.3 Å². The quantitative estimate of drug-likeness (QED) is 0.817. The number of thiophene rings is 1. The lowest BCUT2D eigenvalue weighted by Gasteiger charge is -2.34. The van der Waals surface area contributed by atoms with Gasteiger partial charge in [0.15, 0.2) is 0 Å². The molecule has 1 aromatic carbocycles. The van der Waals surface area contributed by atoms with E-state index in [0.29, 0.717) is 24.3 Å². The average molecular weight is 360 g/mol. The first-order chi connectivity index (χ1) is 11.8. The molecule has 25 heavy (non-hydrogen) atoms. The van der Waals surface area contributed by atoms with E-state index in [1.807, 2.05) is 5.38 Å². The van der Waals surface area contributed by atoms with E-state index in [0.717, 1.165) is 30.4 Å². The summed E-state index contributed by atoms with van der Waals surface area (Å²) >= 11 is 1.73. The first kappa shape index (κ1) is 18.1. The summed E-state index contributed by atoms with van der Waals surface area (Å²) in [6.07, 6.45) is 3.96. The van der Waals surface area contributed by atoms with Crippen LogP contribution in [0.4, 0.5) is 4.39 Å². The van der Waals surface area contributed by atoms with Crippen LogP contribution in [-0.2, 0) is 19.3 Å². The molecule has 0 fully saturated rings. The fourth-order valence-electron chi connectivity index (χ4n) is 3.51. The summed E-state index contributed by atoms with van der Waals surface area (Å²) in [5.74, 6) is 0.480. The van der Waals surface area contributed by atoms with Crippen LogP contribution in [0.5, 0.6) is 0 Å². The first-order valence-corrected chi connectivity index (χ1v) is 9.84. The van der Waals surface area contributed by atoms with E-state index in [-0.39, 0.29) is 11.7 Å². The lowest BCUT2D eigenvalue weighted by Crippen LogP contribution is -2.29. The van der Waals surface area contributed by atoms with Crippen molar-refractivity contribution in [3.63, 3.8) is 0 Å². The Kier molecular flexibility index (Phi) is 5.28. The maximum atomic E-state index is 12.9. The van der Waals surface area contributed by atoms with E-state index < -0.39 is 0 Å². The average Bonchev–Trinajstić information content (AvgIpc) is 2.99. The van der Waals surface area contributed by atoms with Crippen LogP contribution in [0.25, 0.3) is 0 Å². The van der Waals surface area contributed by atoms with Crippen molar-refractivity contribution in [3.05, 3.63) is 57.0 Å². The Bertz CT molecular complexity index is 742. The van der Waals surface area contributed by atoms with Crippen molar-refractivity contribution in [2.75, 3.05) is 6.54 Å². The molecule has 1 amide bonds. The molecule has 1 aliphatic rings. The third-order valence-electron chi connectivity index (χ3n) is 5.24. The Morgan fingerprint density at radius 2 is 2.00 bits per heavy atom. The van der Waals surface area contributed by atoms with Crippen LogP contribution < -0.4 is 5.32 Å². The number of hydrogen-bond donors (Lipinski definition) is 1. The number of fused-ring (bicyclic) bond motifs is 1. The van der Waals surface area contributed by atoms with Gasteiger partial charge in [-0.25, -0.2) is 4.39 Å². The van der Waals surface area contributed by atoms with Gasteiger partial charge in [0.2, 0.25) is 0 Å². The number of carbonyl (C=O) groups excluding carboxylic acids is 1. The largest absolute Gasteiger partial charge is 0.352 e. The molecule has 4 heteroatoms. The zero-order valence-electron chi connectivity index (χ0n) is 15.2. The lowest BCUT2D eigenvalue weighted by molar-refractivity contribution is 0.0953. The molecule has 0 saturated heterocycles. The normalized spacial score (nSPS) is 17.2. The highest BCUT2D eigenvalue weighted by molar-refractivity contribution is 7.10. The first-order valence-electron chi connectivity index (χ1n) is 8.96. The molecule has 1 atom stereocenters. The third-order valence-corrected chi connectivity index (χ3v) is 6.29. The van der Waals surface area contributed by atoms with Crippen LogP contribution >= 0.6 is 11.3 Å². The van der Waals surface area contributed by atoms with Crippen molar-refractivity contribution in [2.24, 2.45) is 11.3 Å². The summed E-state index contributed by atoms with van der Waals surface area (Å²) in [6, 6.07) is 6.44. The molecule has 1 aliphatic carbocycles. The van der Waals surface area contributed by atoms with Gasteiger partial charge in [-0.1, -0.05) is 32.9 Å². The Morgan fingerprint density at radius 3 is 2.68 bits per heavy atom. The van der Waals surface area contributed by atoms with Gasteiger partial charge in [-0.15, -0.1) is 11.3 Å². The smallest absolute Gasteiger partial charge is 0.252 e. The van der Waals surface area contributed by atoms with Crippen molar-refractivity contribution in [2.45, 2.75) is 46.5 Å². The number of halogens is 1. The van der Waals surface area contributed by atoms with Crippen molar-refractivity contribution < 1.29 is 9.18 Å². The van der Waals surface area contributed by atoms with E-state index in [1.165, 1.54) is 22.6 Å². The molecule has 1 heterocycles. The molecule has 0 saturated carbocycles. The lowest BCUT2D eigenvalue weighted by atomic mass is 9.72. The Labute approximate surface area is 153 Å². The van der Waals surface area contributed by atoms with Crippen LogP contribution in [-0.4, -0.2) is 12.5 Å². The monoisotopic (exact) mass is 359 g/mol. The molecule has 1 N–H and O–H groups in total. The van der Waals surface area contributed by atoms with Gasteiger partial charge >= 0.3 is 0 Å². The van der Waals surface area contributed by atoms with Crippen molar-refractivity contribution in [3.8, 4) is 0 Å². The summed E-state index contributed by atoms with van der Waals surface area (Å²) < 4.78 is 12.9. The zero-order chi connectivity index (χ0) is 18.0. The van der Waals surface area contributed by atoms with Crippen molar-refractivity contribution in [1.82, 2.24) is 5.32 Å². The second kappa shape index (κ2) is 7.28. The number of nitrogens with one attached hydrogen (secondary N) is 1. The molecule has 3 rings (SSSR count). The fourth-order valence-corrected chi connectivity index (χ4v) is 4.67. The van der Waals surface area contributed by atoms with Crippen LogP contribution in [0.1, 0.15) is 53.6 Å². The Hall–Kier alpha value is -1.68. The third kappa shape index (κ3) is 4.30. The maximum Gasteiger partial charge on any atom is 0.252 e. The van der Waals surface area contributed by atoms with Gasteiger partial charge in [0.05, 0.1) is 5.56 Å². The minimum Gasteiger partial charge on any atom is -0.352 e. The molecule has 134 valence electrons. The molecule has 2 nitrogen and oxygen atoms in total. The Balaban J connectivity index is 1.59. The minimum atomic E-state index is -0.230. The second-order valence-corrected chi connectivity index (χ2v) is 8.95. The van der Waals surface area contributed by atoms with E-state index in [1.54, 1.807) is 23.5 Å². The molecule has 0 spiro atoms. The molecule has 0 aliphatic heterocycles. The summed E-state index contributed by atoms with van der Waals surface area (Å²) in [5, 5.41) is 5.03. The van der Waals surface area contributed by atoms with Gasteiger partial charge < -0.3 is 5.32 Å². The maximum absolute atomic E-state index is 12.9. The summed E-state index contributed by atoms with van der Waals surface area (Å²) in [5.41, 5.74) is 3.46. The summed E-state index contributed by atoms with van der Waals surface area (Å²) in [4.78, 5) is 13.9. The van der Waals surface area contributed by atoms with Gasteiger partial charge in [-0.3, -0.25) is 4.79 Å². The van der Waals surface area contributed by atoms with Crippen LogP contribution in [0.2, 0.25) is 0 Å². The van der Waals surface area contributed by atoms with Gasteiger partial charge in [0.25, 0.3) is 5.91 Å².